The van der Waals surface area contributed by atoms with Crippen molar-refractivity contribution in [1.82, 2.24) is 29.3 Å². The molecule has 1 amide bonds. The highest BCUT2D eigenvalue weighted by Gasteiger charge is 2.16. The van der Waals surface area contributed by atoms with E-state index in [1.54, 1.807) is 7.05 Å². The van der Waals surface area contributed by atoms with Crippen LogP contribution in [0.15, 0.2) is 15.9 Å². The number of carbonyl (C=O) groups is 1. The SMILES string of the molecule is CCNCCNC(=O)Cn1c(=O)c2c(ncn2C)n(C)c1=O.Cl. The molecule has 0 bridgehead atoms. The van der Waals surface area contributed by atoms with Gasteiger partial charge in [-0.2, -0.15) is 0 Å². The highest BCUT2D eigenvalue weighted by molar-refractivity contribution is 5.85. The van der Waals surface area contributed by atoms with Gasteiger partial charge in [-0.15, -0.1) is 12.4 Å². The zero-order chi connectivity index (χ0) is 16.3. The second kappa shape index (κ2) is 7.93. The zero-order valence-corrected chi connectivity index (χ0v) is 14.1. The summed E-state index contributed by atoms with van der Waals surface area (Å²) in [6, 6.07) is 0. The monoisotopic (exact) mass is 344 g/mol. The maximum atomic E-state index is 12.4. The number of hydrogen-bond donors (Lipinski definition) is 2. The molecule has 0 spiro atoms. The molecule has 0 saturated heterocycles. The van der Waals surface area contributed by atoms with E-state index >= 15 is 0 Å². The molecule has 0 aromatic carbocycles. The van der Waals surface area contributed by atoms with Gasteiger partial charge in [0.2, 0.25) is 5.91 Å². The third-order valence-corrected chi connectivity index (χ3v) is 3.38. The Kier molecular flexibility index (Phi) is 6.52. The lowest BCUT2D eigenvalue weighted by molar-refractivity contribution is -0.121. The van der Waals surface area contributed by atoms with E-state index in [0.717, 1.165) is 11.1 Å². The van der Waals surface area contributed by atoms with Crippen molar-refractivity contribution in [3.63, 3.8) is 0 Å². The third-order valence-electron chi connectivity index (χ3n) is 3.38. The van der Waals surface area contributed by atoms with Crippen LogP contribution in [0.5, 0.6) is 0 Å². The molecule has 128 valence electrons. The first-order valence-corrected chi connectivity index (χ1v) is 7.05. The normalized spacial score (nSPS) is 10.6. The van der Waals surface area contributed by atoms with Crippen molar-refractivity contribution in [3.05, 3.63) is 27.2 Å². The topological polar surface area (TPSA) is 103 Å². The zero-order valence-electron chi connectivity index (χ0n) is 13.3. The van der Waals surface area contributed by atoms with Gasteiger partial charge in [0.05, 0.1) is 6.33 Å². The minimum Gasteiger partial charge on any atom is -0.353 e. The van der Waals surface area contributed by atoms with Crippen LogP contribution in [0.1, 0.15) is 6.92 Å². The number of imidazole rings is 1. The average molecular weight is 345 g/mol. The summed E-state index contributed by atoms with van der Waals surface area (Å²) in [6.07, 6.45) is 1.46. The Morgan fingerprint density at radius 3 is 2.61 bits per heavy atom. The number of aromatic nitrogens is 4. The van der Waals surface area contributed by atoms with Crippen molar-refractivity contribution >= 4 is 29.5 Å². The van der Waals surface area contributed by atoms with Crippen LogP contribution in [0.4, 0.5) is 0 Å². The van der Waals surface area contributed by atoms with Gasteiger partial charge in [0.1, 0.15) is 6.54 Å². The van der Waals surface area contributed by atoms with Crippen molar-refractivity contribution in [2.24, 2.45) is 14.1 Å². The van der Waals surface area contributed by atoms with Gasteiger partial charge in [-0.1, -0.05) is 6.92 Å². The number of aryl methyl sites for hydroxylation is 2. The molecule has 0 aliphatic carbocycles. The van der Waals surface area contributed by atoms with Crippen LogP contribution in [0.2, 0.25) is 0 Å². The predicted molar refractivity (Wildman–Crippen MR) is 89.0 cm³/mol. The van der Waals surface area contributed by atoms with Crippen LogP contribution >= 0.6 is 12.4 Å². The summed E-state index contributed by atoms with van der Waals surface area (Å²) < 4.78 is 3.73. The smallest absolute Gasteiger partial charge is 0.332 e. The maximum absolute atomic E-state index is 12.4. The van der Waals surface area contributed by atoms with Crippen molar-refractivity contribution in [1.29, 1.82) is 0 Å². The van der Waals surface area contributed by atoms with Gasteiger partial charge in [-0.05, 0) is 6.54 Å². The van der Waals surface area contributed by atoms with Crippen LogP contribution in [0, 0.1) is 0 Å². The van der Waals surface area contributed by atoms with Gasteiger partial charge in [-0.3, -0.25) is 14.2 Å². The molecule has 2 rings (SSSR count). The standard InChI is InChI=1S/C13H20N6O3.ClH/c1-4-14-5-6-15-9(20)7-19-12(21)10-11(16-8-17(10)2)18(3)13(19)22;/h8,14H,4-7H2,1-3H3,(H,15,20);1H. The number of likely N-dealkylation sites (N-methyl/N-ethyl adjacent to an activating group) is 1. The summed E-state index contributed by atoms with van der Waals surface area (Å²) >= 11 is 0. The minimum atomic E-state index is -0.557. The van der Waals surface area contributed by atoms with E-state index in [1.807, 2.05) is 6.92 Å². The van der Waals surface area contributed by atoms with E-state index in [4.69, 9.17) is 0 Å². The molecule has 2 N–H and O–H groups in total. The highest BCUT2D eigenvalue weighted by Crippen LogP contribution is 2.02. The van der Waals surface area contributed by atoms with E-state index in [9.17, 15) is 14.4 Å². The number of halogens is 1. The summed E-state index contributed by atoms with van der Waals surface area (Å²) in [6.45, 7) is 3.55. The fraction of sp³-hybridized carbons (Fsp3) is 0.538. The molecule has 2 aromatic rings. The van der Waals surface area contributed by atoms with E-state index in [2.05, 4.69) is 15.6 Å². The number of carbonyl (C=O) groups excluding carboxylic acids is 1. The Hall–Kier alpha value is -2.13. The lowest BCUT2D eigenvalue weighted by atomic mass is 10.4. The Bertz CT molecular complexity index is 806. The molecule has 0 atom stereocenters. The molecule has 9 nitrogen and oxygen atoms in total. The fourth-order valence-corrected chi connectivity index (χ4v) is 2.20. The minimum absolute atomic E-state index is 0. The number of nitrogens with zero attached hydrogens (tertiary/aromatic N) is 4. The van der Waals surface area contributed by atoms with Crippen molar-refractivity contribution < 1.29 is 4.79 Å². The first kappa shape index (κ1) is 18.9. The molecule has 10 heteroatoms. The summed E-state index contributed by atoms with van der Waals surface area (Å²) in [5, 5.41) is 5.73. The molecule has 2 aromatic heterocycles. The number of amides is 1. The third kappa shape index (κ3) is 3.80. The highest BCUT2D eigenvalue weighted by atomic mass is 35.5. The lowest BCUT2D eigenvalue weighted by Gasteiger charge is -2.09. The summed E-state index contributed by atoms with van der Waals surface area (Å²) in [4.78, 5) is 40.5. The summed E-state index contributed by atoms with van der Waals surface area (Å²) in [7, 11) is 3.19. The molecule has 0 unspecified atom stereocenters. The number of rotatable bonds is 6. The maximum Gasteiger partial charge on any atom is 0.332 e. The molecule has 0 fully saturated rings. The Morgan fingerprint density at radius 1 is 1.26 bits per heavy atom. The van der Waals surface area contributed by atoms with E-state index in [1.165, 1.54) is 22.5 Å². The van der Waals surface area contributed by atoms with Crippen LogP contribution in [-0.2, 0) is 25.4 Å². The molecule has 23 heavy (non-hydrogen) atoms. The second-order valence-corrected chi connectivity index (χ2v) is 4.96. The van der Waals surface area contributed by atoms with Gasteiger partial charge in [0.25, 0.3) is 5.56 Å². The number of hydrogen-bond acceptors (Lipinski definition) is 5. The predicted octanol–water partition coefficient (Wildman–Crippen LogP) is -1.42. The van der Waals surface area contributed by atoms with Gasteiger partial charge in [0.15, 0.2) is 11.2 Å². The molecular formula is C13H21ClN6O3. The first-order chi connectivity index (χ1) is 10.5. The summed E-state index contributed by atoms with van der Waals surface area (Å²) in [5.41, 5.74) is -0.471. The first-order valence-electron chi connectivity index (χ1n) is 7.05. The molecule has 0 saturated carbocycles. The summed E-state index contributed by atoms with van der Waals surface area (Å²) in [5.74, 6) is -0.376. The van der Waals surface area contributed by atoms with Gasteiger partial charge in [0, 0.05) is 27.2 Å². The second-order valence-electron chi connectivity index (χ2n) is 4.96. The quantitative estimate of drug-likeness (QED) is 0.626. The van der Waals surface area contributed by atoms with Crippen LogP contribution < -0.4 is 21.9 Å². The van der Waals surface area contributed by atoms with E-state index in [0.29, 0.717) is 24.3 Å². The fourth-order valence-electron chi connectivity index (χ4n) is 2.20. The van der Waals surface area contributed by atoms with Crippen molar-refractivity contribution in [3.8, 4) is 0 Å². The average Bonchev–Trinajstić information content (AvgIpc) is 2.88. The Morgan fingerprint density at radius 2 is 1.96 bits per heavy atom. The van der Waals surface area contributed by atoms with Crippen LogP contribution in [0.25, 0.3) is 11.2 Å². The largest absolute Gasteiger partial charge is 0.353 e. The number of nitrogens with one attached hydrogen (secondary N) is 2. The van der Waals surface area contributed by atoms with Gasteiger partial charge < -0.3 is 15.2 Å². The molecule has 0 radical (unpaired) electrons. The van der Waals surface area contributed by atoms with Crippen molar-refractivity contribution in [2.75, 3.05) is 19.6 Å². The molecular weight excluding hydrogens is 324 g/mol. The molecule has 0 aliphatic heterocycles. The molecule has 2 heterocycles. The van der Waals surface area contributed by atoms with Crippen LogP contribution in [0.3, 0.4) is 0 Å². The van der Waals surface area contributed by atoms with Crippen LogP contribution in [-0.4, -0.2) is 44.2 Å². The van der Waals surface area contributed by atoms with Gasteiger partial charge in [-0.25, -0.2) is 14.3 Å². The molecule has 0 aliphatic rings. The lowest BCUT2D eigenvalue weighted by Crippen LogP contribution is -2.44. The number of fused-ring (bicyclic) bond motifs is 1. The van der Waals surface area contributed by atoms with Crippen molar-refractivity contribution in [2.45, 2.75) is 13.5 Å². The van der Waals surface area contributed by atoms with E-state index < -0.39 is 11.2 Å². The Balaban J connectivity index is 0.00000264. The van der Waals surface area contributed by atoms with Gasteiger partial charge >= 0.3 is 5.69 Å². The van der Waals surface area contributed by atoms with E-state index in [-0.39, 0.29) is 24.9 Å². The Labute approximate surface area is 138 Å².